The third kappa shape index (κ3) is 3.93. The number of nitrogens with one attached hydrogen (secondary N) is 1. The van der Waals surface area contributed by atoms with E-state index in [-0.39, 0.29) is 17.7 Å². The van der Waals surface area contributed by atoms with E-state index in [2.05, 4.69) is 5.32 Å². The summed E-state index contributed by atoms with van der Waals surface area (Å²) in [6, 6.07) is -0.584. The highest BCUT2D eigenvalue weighted by molar-refractivity contribution is 5.88. The van der Waals surface area contributed by atoms with E-state index in [1.54, 1.807) is 11.8 Å². The van der Waals surface area contributed by atoms with E-state index in [1.807, 2.05) is 0 Å². The predicted octanol–water partition coefficient (Wildman–Crippen LogP) is -0.149. The Kier molecular flexibility index (Phi) is 5.17. The molecule has 1 heterocycles. The molecule has 2 aliphatic rings. The third-order valence-corrected chi connectivity index (χ3v) is 4.20. The minimum atomic E-state index is -0.845. The van der Waals surface area contributed by atoms with Crippen molar-refractivity contribution in [2.24, 2.45) is 11.8 Å². The largest absolute Gasteiger partial charge is 0.481 e. The fraction of sp³-hybridized carbons (Fsp3) is 0.786. The fourth-order valence-electron chi connectivity index (χ4n) is 2.89. The molecule has 0 spiro atoms. The third-order valence-electron chi connectivity index (χ3n) is 4.20. The normalized spacial score (nSPS) is 27.2. The van der Waals surface area contributed by atoms with Crippen molar-refractivity contribution < 1.29 is 24.2 Å². The van der Waals surface area contributed by atoms with Crippen molar-refractivity contribution in [3.63, 3.8) is 0 Å². The molecule has 0 aromatic heterocycles. The fourth-order valence-corrected chi connectivity index (χ4v) is 2.89. The van der Waals surface area contributed by atoms with E-state index in [0.717, 1.165) is 0 Å². The Morgan fingerprint density at radius 3 is 2.38 bits per heavy atom. The van der Waals surface area contributed by atoms with Crippen LogP contribution in [0.2, 0.25) is 0 Å². The molecule has 2 N–H and O–H groups in total. The van der Waals surface area contributed by atoms with Gasteiger partial charge >= 0.3 is 5.97 Å². The summed E-state index contributed by atoms with van der Waals surface area (Å²) in [5.74, 6) is -1.91. The number of aliphatic carboxylic acids is 1. The van der Waals surface area contributed by atoms with Gasteiger partial charge in [0.25, 0.3) is 0 Å². The van der Waals surface area contributed by atoms with Crippen molar-refractivity contribution in [1.29, 1.82) is 0 Å². The van der Waals surface area contributed by atoms with E-state index in [1.165, 1.54) is 0 Å². The standard InChI is InChI=1S/C14H22N2O5/c1-9(13(18)16-4-6-21-7-5-16)15-12(17)10-2-3-11(8-10)14(19)20/h9-11H,2-8H2,1H3,(H,15,17)(H,19,20)/t9?,10-,11+/m1/s1. The number of amides is 2. The van der Waals surface area contributed by atoms with Crippen LogP contribution in [0.25, 0.3) is 0 Å². The lowest BCUT2D eigenvalue weighted by Crippen LogP contribution is -2.51. The van der Waals surface area contributed by atoms with E-state index in [4.69, 9.17) is 9.84 Å². The molecule has 0 aromatic rings. The molecule has 1 saturated carbocycles. The number of carboxylic acid groups (broad SMARTS) is 1. The molecule has 1 saturated heterocycles. The molecular weight excluding hydrogens is 276 g/mol. The topological polar surface area (TPSA) is 95.9 Å². The van der Waals surface area contributed by atoms with Crippen LogP contribution in [0.5, 0.6) is 0 Å². The molecule has 0 bridgehead atoms. The summed E-state index contributed by atoms with van der Waals surface area (Å²) >= 11 is 0. The van der Waals surface area contributed by atoms with Gasteiger partial charge in [-0.1, -0.05) is 0 Å². The van der Waals surface area contributed by atoms with Gasteiger partial charge in [0.15, 0.2) is 0 Å². The SMILES string of the molecule is CC(NC(=O)[C@@H]1CC[C@H](C(=O)O)C1)C(=O)N1CCOCC1. The van der Waals surface area contributed by atoms with E-state index in [9.17, 15) is 14.4 Å². The molecule has 2 amide bonds. The molecule has 21 heavy (non-hydrogen) atoms. The first kappa shape index (κ1) is 15.8. The average molecular weight is 298 g/mol. The van der Waals surface area contributed by atoms with Crippen LogP contribution in [-0.2, 0) is 19.1 Å². The first-order valence-corrected chi connectivity index (χ1v) is 7.38. The zero-order valence-electron chi connectivity index (χ0n) is 12.2. The molecule has 0 radical (unpaired) electrons. The van der Waals surface area contributed by atoms with Gasteiger partial charge in [-0.3, -0.25) is 14.4 Å². The van der Waals surface area contributed by atoms with E-state index < -0.39 is 17.9 Å². The van der Waals surface area contributed by atoms with Gasteiger partial charge in [0.05, 0.1) is 19.1 Å². The molecular formula is C14H22N2O5. The second kappa shape index (κ2) is 6.89. The molecule has 0 aromatic carbocycles. The van der Waals surface area contributed by atoms with E-state index >= 15 is 0 Å². The summed E-state index contributed by atoms with van der Waals surface area (Å²) in [6.45, 7) is 3.80. The van der Waals surface area contributed by atoms with Crippen molar-refractivity contribution in [2.45, 2.75) is 32.2 Å². The lowest BCUT2D eigenvalue weighted by atomic mass is 10.0. The number of hydrogen-bond donors (Lipinski definition) is 2. The number of nitrogens with zero attached hydrogens (tertiary/aromatic N) is 1. The van der Waals surface area contributed by atoms with Crippen LogP contribution in [0.15, 0.2) is 0 Å². The molecule has 7 nitrogen and oxygen atoms in total. The minimum absolute atomic E-state index is 0.112. The van der Waals surface area contributed by atoms with Crippen LogP contribution in [0.1, 0.15) is 26.2 Å². The van der Waals surface area contributed by atoms with Crippen LogP contribution < -0.4 is 5.32 Å². The summed E-state index contributed by atoms with van der Waals surface area (Å²) in [6.07, 6.45) is 1.46. The van der Waals surface area contributed by atoms with Crippen LogP contribution >= 0.6 is 0 Å². The Morgan fingerprint density at radius 1 is 1.19 bits per heavy atom. The van der Waals surface area contributed by atoms with Gasteiger partial charge in [-0.25, -0.2) is 0 Å². The molecule has 1 aliphatic carbocycles. The molecule has 2 fully saturated rings. The molecule has 1 aliphatic heterocycles. The van der Waals surface area contributed by atoms with Crippen molar-refractivity contribution in [3.8, 4) is 0 Å². The second-order valence-electron chi connectivity index (χ2n) is 5.71. The summed E-state index contributed by atoms with van der Waals surface area (Å²) in [7, 11) is 0. The first-order valence-electron chi connectivity index (χ1n) is 7.38. The number of rotatable bonds is 4. The second-order valence-corrected chi connectivity index (χ2v) is 5.71. The molecule has 7 heteroatoms. The Hall–Kier alpha value is -1.63. The molecule has 1 unspecified atom stereocenters. The van der Waals surface area contributed by atoms with Crippen molar-refractivity contribution >= 4 is 17.8 Å². The van der Waals surface area contributed by atoms with Gasteiger partial charge in [0, 0.05) is 19.0 Å². The van der Waals surface area contributed by atoms with Crippen LogP contribution in [-0.4, -0.2) is 60.1 Å². The van der Waals surface area contributed by atoms with E-state index in [0.29, 0.717) is 45.6 Å². The van der Waals surface area contributed by atoms with Gasteiger partial charge < -0.3 is 20.1 Å². The van der Waals surface area contributed by atoms with Gasteiger partial charge in [-0.15, -0.1) is 0 Å². The quantitative estimate of drug-likeness (QED) is 0.752. The van der Waals surface area contributed by atoms with Crippen molar-refractivity contribution in [1.82, 2.24) is 10.2 Å². The summed E-state index contributed by atoms with van der Waals surface area (Å²) < 4.78 is 5.19. The predicted molar refractivity (Wildman–Crippen MR) is 73.5 cm³/mol. The summed E-state index contributed by atoms with van der Waals surface area (Å²) in [5, 5.41) is 11.7. The highest BCUT2D eigenvalue weighted by atomic mass is 16.5. The van der Waals surface area contributed by atoms with Crippen molar-refractivity contribution in [3.05, 3.63) is 0 Å². The number of morpholine rings is 1. The van der Waals surface area contributed by atoms with Crippen LogP contribution in [0.4, 0.5) is 0 Å². The van der Waals surface area contributed by atoms with Gasteiger partial charge in [-0.05, 0) is 26.2 Å². The zero-order chi connectivity index (χ0) is 15.4. The zero-order valence-corrected chi connectivity index (χ0v) is 12.2. The number of carbonyl (C=O) groups excluding carboxylic acids is 2. The maximum absolute atomic E-state index is 12.2. The van der Waals surface area contributed by atoms with Gasteiger partial charge in [-0.2, -0.15) is 0 Å². The Balaban J connectivity index is 1.81. The summed E-state index contributed by atoms with van der Waals surface area (Å²) in [5.41, 5.74) is 0. The number of ether oxygens (including phenoxy) is 1. The summed E-state index contributed by atoms with van der Waals surface area (Å²) in [4.78, 5) is 36.9. The van der Waals surface area contributed by atoms with Gasteiger partial charge in [0.1, 0.15) is 6.04 Å². The lowest BCUT2D eigenvalue weighted by Gasteiger charge is -2.29. The monoisotopic (exact) mass is 298 g/mol. The first-order chi connectivity index (χ1) is 9.99. The maximum Gasteiger partial charge on any atom is 0.306 e. The van der Waals surface area contributed by atoms with Crippen molar-refractivity contribution in [2.75, 3.05) is 26.3 Å². The van der Waals surface area contributed by atoms with Crippen LogP contribution in [0, 0.1) is 11.8 Å². The molecule has 118 valence electrons. The Labute approximate surface area is 123 Å². The highest BCUT2D eigenvalue weighted by Gasteiger charge is 2.35. The maximum atomic E-state index is 12.2. The Morgan fingerprint density at radius 2 is 1.81 bits per heavy atom. The molecule has 2 rings (SSSR count). The molecule has 3 atom stereocenters. The number of carbonyl (C=O) groups is 3. The number of carboxylic acids is 1. The van der Waals surface area contributed by atoms with Gasteiger partial charge in [0.2, 0.25) is 11.8 Å². The average Bonchev–Trinajstić information content (AvgIpc) is 2.97. The minimum Gasteiger partial charge on any atom is -0.481 e. The highest BCUT2D eigenvalue weighted by Crippen LogP contribution is 2.31. The Bertz CT molecular complexity index is 420. The number of hydrogen-bond acceptors (Lipinski definition) is 4. The smallest absolute Gasteiger partial charge is 0.306 e. The van der Waals surface area contributed by atoms with Crippen LogP contribution in [0.3, 0.4) is 0 Å². The lowest BCUT2D eigenvalue weighted by molar-refractivity contribution is -0.142.